The second kappa shape index (κ2) is 7.64. The molecule has 6 heteroatoms. The van der Waals surface area contributed by atoms with Gasteiger partial charge in [0.05, 0.1) is 12.2 Å². The summed E-state index contributed by atoms with van der Waals surface area (Å²) >= 11 is 1.95. The number of thioether (sulfide) groups is 1. The highest BCUT2D eigenvalue weighted by atomic mass is 32.2. The molecular weight excluding hydrogens is 276 g/mol. The van der Waals surface area contributed by atoms with Crippen molar-refractivity contribution in [2.45, 2.75) is 37.9 Å². The van der Waals surface area contributed by atoms with Gasteiger partial charge in [-0.2, -0.15) is 11.8 Å². The van der Waals surface area contributed by atoms with E-state index in [2.05, 4.69) is 5.32 Å². The first kappa shape index (κ1) is 16.1. The molecule has 1 heterocycles. The van der Waals surface area contributed by atoms with E-state index in [4.69, 9.17) is 5.73 Å². The Hall–Kier alpha value is -0.300. The van der Waals surface area contributed by atoms with Gasteiger partial charge in [-0.25, -0.2) is 0 Å². The van der Waals surface area contributed by atoms with E-state index < -0.39 is 12.2 Å². The first-order valence-electron chi connectivity index (χ1n) is 7.53. The van der Waals surface area contributed by atoms with Crippen molar-refractivity contribution in [1.29, 1.82) is 0 Å². The zero-order chi connectivity index (χ0) is 14.5. The lowest BCUT2D eigenvalue weighted by atomic mass is 9.76. The van der Waals surface area contributed by atoms with Crippen LogP contribution in [-0.4, -0.2) is 52.9 Å². The summed E-state index contributed by atoms with van der Waals surface area (Å²) in [4.78, 5) is 12.3. The van der Waals surface area contributed by atoms with Gasteiger partial charge in [0, 0.05) is 12.5 Å². The van der Waals surface area contributed by atoms with Gasteiger partial charge in [-0.1, -0.05) is 0 Å². The molecule has 1 unspecified atom stereocenters. The molecule has 5 atom stereocenters. The molecule has 1 amide bonds. The molecule has 2 fully saturated rings. The number of aliphatic hydroxyl groups excluding tert-OH is 2. The van der Waals surface area contributed by atoms with E-state index in [-0.39, 0.29) is 17.7 Å². The molecule has 0 radical (unpaired) electrons. The summed E-state index contributed by atoms with van der Waals surface area (Å²) in [5.74, 6) is 2.60. The van der Waals surface area contributed by atoms with Gasteiger partial charge in [-0.15, -0.1) is 0 Å². The number of carbonyl (C=O) groups excluding carboxylic acids is 1. The summed E-state index contributed by atoms with van der Waals surface area (Å²) in [6.45, 7) is 1.10. The second-order valence-electron chi connectivity index (χ2n) is 6.04. The molecule has 0 aromatic carbocycles. The number of nitrogens with two attached hydrogens (primary N) is 1. The van der Waals surface area contributed by atoms with Crippen molar-refractivity contribution in [2.75, 3.05) is 24.6 Å². The molecule has 2 rings (SSSR count). The third-order valence-electron chi connectivity index (χ3n) is 4.51. The van der Waals surface area contributed by atoms with Crippen molar-refractivity contribution < 1.29 is 15.0 Å². The van der Waals surface area contributed by atoms with Crippen LogP contribution in [0.5, 0.6) is 0 Å². The van der Waals surface area contributed by atoms with Crippen LogP contribution in [0.2, 0.25) is 0 Å². The van der Waals surface area contributed by atoms with Gasteiger partial charge in [0.1, 0.15) is 0 Å². The minimum Gasteiger partial charge on any atom is -0.390 e. The molecule has 1 saturated carbocycles. The van der Waals surface area contributed by atoms with Gasteiger partial charge in [0.25, 0.3) is 0 Å². The summed E-state index contributed by atoms with van der Waals surface area (Å²) in [6.07, 6.45) is 1.58. The van der Waals surface area contributed by atoms with E-state index in [1.165, 1.54) is 18.6 Å². The van der Waals surface area contributed by atoms with Crippen LogP contribution in [0.3, 0.4) is 0 Å². The van der Waals surface area contributed by atoms with Gasteiger partial charge >= 0.3 is 0 Å². The maximum atomic E-state index is 12.3. The molecule has 0 spiro atoms. The van der Waals surface area contributed by atoms with Crippen molar-refractivity contribution in [2.24, 2.45) is 23.5 Å². The van der Waals surface area contributed by atoms with Crippen molar-refractivity contribution in [3.8, 4) is 0 Å². The highest BCUT2D eigenvalue weighted by Crippen LogP contribution is 2.30. The number of nitrogens with one attached hydrogen (secondary N) is 1. The van der Waals surface area contributed by atoms with Crippen LogP contribution in [0.15, 0.2) is 0 Å². The van der Waals surface area contributed by atoms with Crippen LogP contribution in [-0.2, 0) is 4.79 Å². The van der Waals surface area contributed by atoms with Crippen molar-refractivity contribution in [1.82, 2.24) is 5.32 Å². The first-order valence-corrected chi connectivity index (χ1v) is 8.69. The number of rotatable bonds is 4. The Labute approximate surface area is 124 Å². The maximum absolute atomic E-state index is 12.3. The Bertz CT molecular complexity index is 324. The molecule has 5 nitrogen and oxygen atoms in total. The number of carbonyl (C=O) groups is 1. The van der Waals surface area contributed by atoms with Gasteiger partial charge in [-0.05, 0) is 55.6 Å². The fourth-order valence-electron chi connectivity index (χ4n) is 3.17. The zero-order valence-corrected chi connectivity index (χ0v) is 12.6. The molecule has 0 aromatic heterocycles. The largest absolute Gasteiger partial charge is 0.390 e. The Kier molecular flexibility index (Phi) is 6.14. The third-order valence-corrected chi connectivity index (χ3v) is 5.80. The summed E-state index contributed by atoms with van der Waals surface area (Å²) in [6, 6.07) is 0. The Morgan fingerprint density at radius 3 is 2.70 bits per heavy atom. The number of aliphatic hydroxyl groups is 2. The summed E-state index contributed by atoms with van der Waals surface area (Å²) in [5.41, 5.74) is 5.70. The van der Waals surface area contributed by atoms with Gasteiger partial charge in [-0.3, -0.25) is 4.79 Å². The number of hydrogen-bond acceptors (Lipinski definition) is 5. The molecule has 0 aromatic rings. The summed E-state index contributed by atoms with van der Waals surface area (Å²) < 4.78 is 0. The van der Waals surface area contributed by atoms with Gasteiger partial charge in [0.15, 0.2) is 0 Å². The minimum absolute atomic E-state index is 0.0121. The number of amides is 1. The molecule has 1 aliphatic heterocycles. The van der Waals surface area contributed by atoms with E-state index >= 15 is 0 Å². The van der Waals surface area contributed by atoms with E-state index in [1.807, 2.05) is 11.8 Å². The predicted molar refractivity (Wildman–Crippen MR) is 80.3 cm³/mol. The lowest BCUT2D eigenvalue weighted by Gasteiger charge is -2.36. The van der Waals surface area contributed by atoms with Crippen molar-refractivity contribution in [3.05, 3.63) is 0 Å². The predicted octanol–water partition coefficient (Wildman–Crippen LogP) is -0.0475. The Morgan fingerprint density at radius 2 is 2.05 bits per heavy atom. The fourth-order valence-corrected chi connectivity index (χ4v) is 4.32. The smallest absolute Gasteiger partial charge is 0.223 e. The molecule has 5 N–H and O–H groups in total. The molecule has 1 saturated heterocycles. The summed E-state index contributed by atoms with van der Waals surface area (Å²) in [7, 11) is 0. The third kappa shape index (κ3) is 4.10. The van der Waals surface area contributed by atoms with Crippen LogP contribution >= 0.6 is 11.8 Å². The Balaban J connectivity index is 1.83. The number of hydrogen-bond donors (Lipinski definition) is 4. The average molecular weight is 302 g/mol. The average Bonchev–Trinajstić information content (AvgIpc) is 2.48. The van der Waals surface area contributed by atoms with E-state index in [9.17, 15) is 15.0 Å². The summed E-state index contributed by atoms with van der Waals surface area (Å²) in [5, 5.41) is 22.4. The first-order chi connectivity index (χ1) is 9.61. The van der Waals surface area contributed by atoms with Crippen LogP contribution in [0.4, 0.5) is 0 Å². The van der Waals surface area contributed by atoms with Gasteiger partial charge in [0.2, 0.25) is 5.91 Å². The van der Waals surface area contributed by atoms with Gasteiger partial charge < -0.3 is 21.3 Å². The lowest BCUT2D eigenvalue weighted by Crippen LogP contribution is -2.48. The zero-order valence-electron chi connectivity index (χ0n) is 11.8. The SMILES string of the molecule is NC[C@@H]1C[C@@H](O)[C@@H](O)C[C@@H]1C(=O)NCC1CCCSC1. The van der Waals surface area contributed by atoms with E-state index in [0.717, 1.165) is 12.3 Å². The maximum Gasteiger partial charge on any atom is 0.223 e. The minimum atomic E-state index is -0.807. The van der Waals surface area contributed by atoms with Crippen LogP contribution < -0.4 is 11.1 Å². The fraction of sp³-hybridized carbons (Fsp3) is 0.929. The quantitative estimate of drug-likeness (QED) is 0.584. The van der Waals surface area contributed by atoms with E-state index in [1.54, 1.807) is 0 Å². The highest BCUT2D eigenvalue weighted by molar-refractivity contribution is 7.99. The molecular formula is C14H26N2O3S. The second-order valence-corrected chi connectivity index (χ2v) is 7.19. The molecule has 20 heavy (non-hydrogen) atoms. The normalized spacial score (nSPS) is 38.5. The van der Waals surface area contributed by atoms with Crippen molar-refractivity contribution in [3.63, 3.8) is 0 Å². The van der Waals surface area contributed by atoms with Crippen LogP contribution in [0.25, 0.3) is 0 Å². The van der Waals surface area contributed by atoms with E-state index in [0.29, 0.717) is 25.3 Å². The highest BCUT2D eigenvalue weighted by Gasteiger charge is 2.38. The van der Waals surface area contributed by atoms with Crippen molar-refractivity contribution >= 4 is 17.7 Å². The standard InChI is InChI=1S/C14H26N2O3S/c15-6-10-4-12(17)13(18)5-11(10)14(19)16-7-9-2-1-3-20-8-9/h9-13,17-18H,1-8,15H2,(H,16,19)/t9?,10-,11-,12+,13-/m0/s1. The molecule has 1 aliphatic carbocycles. The monoisotopic (exact) mass is 302 g/mol. The van der Waals surface area contributed by atoms with Crippen LogP contribution in [0, 0.1) is 17.8 Å². The lowest BCUT2D eigenvalue weighted by molar-refractivity contribution is -0.133. The molecule has 0 bridgehead atoms. The molecule has 2 aliphatic rings. The Morgan fingerprint density at radius 1 is 1.30 bits per heavy atom. The van der Waals surface area contributed by atoms with Crippen LogP contribution in [0.1, 0.15) is 25.7 Å². The topological polar surface area (TPSA) is 95.6 Å². The molecule has 116 valence electrons.